The van der Waals surface area contributed by atoms with Crippen LogP contribution in [0.5, 0.6) is 0 Å². The van der Waals surface area contributed by atoms with Gasteiger partial charge in [0, 0.05) is 11.6 Å². The molecular formula is C15H14N4O. The number of hydrogen-bond acceptors (Lipinski definition) is 3. The number of aromatic nitrogens is 2. The summed E-state index contributed by atoms with van der Waals surface area (Å²) in [5.41, 5.74) is 8.20. The second kappa shape index (κ2) is 5.05. The van der Waals surface area contributed by atoms with Crippen molar-refractivity contribution in [2.24, 2.45) is 10.9 Å². The first-order chi connectivity index (χ1) is 9.78. The third-order valence-corrected chi connectivity index (χ3v) is 3.19. The topological polar surface area (TPSA) is 76.4 Å². The van der Waals surface area contributed by atoms with E-state index in [4.69, 9.17) is 10.9 Å². The van der Waals surface area contributed by atoms with Crippen molar-refractivity contribution >= 4 is 16.7 Å². The summed E-state index contributed by atoms with van der Waals surface area (Å²) in [6, 6.07) is 15.7. The Morgan fingerprint density at radius 1 is 1.15 bits per heavy atom. The van der Waals surface area contributed by atoms with Gasteiger partial charge in [-0.25, -0.2) is 0 Å². The van der Waals surface area contributed by atoms with Gasteiger partial charge in [0.05, 0.1) is 23.4 Å². The van der Waals surface area contributed by atoms with Crippen LogP contribution >= 0.6 is 0 Å². The summed E-state index contributed by atoms with van der Waals surface area (Å²) in [5, 5.41) is 12.9. The van der Waals surface area contributed by atoms with Crippen LogP contribution in [-0.4, -0.2) is 20.6 Å². The number of hydrogen-bond donors (Lipinski definition) is 2. The molecule has 0 unspecified atom stereocenters. The van der Waals surface area contributed by atoms with E-state index in [9.17, 15) is 0 Å². The third-order valence-electron chi connectivity index (χ3n) is 3.19. The van der Waals surface area contributed by atoms with E-state index in [-0.39, 0.29) is 5.84 Å². The van der Waals surface area contributed by atoms with Crippen LogP contribution in [0, 0.1) is 0 Å². The maximum Gasteiger partial charge on any atom is 0.186 e. The minimum absolute atomic E-state index is 0.0933. The van der Waals surface area contributed by atoms with Crippen LogP contribution in [0.25, 0.3) is 10.9 Å². The quantitative estimate of drug-likeness (QED) is 0.330. The zero-order chi connectivity index (χ0) is 13.9. The van der Waals surface area contributed by atoms with Crippen LogP contribution in [0.3, 0.4) is 0 Å². The normalized spacial score (nSPS) is 11.9. The first kappa shape index (κ1) is 12.2. The lowest BCUT2D eigenvalue weighted by Gasteiger charge is -2.08. The summed E-state index contributed by atoms with van der Waals surface area (Å²) in [6.45, 7) is 0.573. The zero-order valence-corrected chi connectivity index (χ0v) is 10.8. The van der Waals surface area contributed by atoms with Gasteiger partial charge in [-0.05, 0) is 24.3 Å². The molecule has 100 valence electrons. The first-order valence-corrected chi connectivity index (χ1v) is 6.25. The van der Waals surface area contributed by atoms with E-state index in [2.05, 4.69) is 10.1 Å². The van der Waals surface area contributed by atoms with E-state index in [1.807, 2.05) is 53.2 Å². The van der Waals surface area contributed by atoms with Crippen molar-refractivity contribution in [2.75, 3.05) is 0 Å². The number of pyridine rings is 1. The fourth-order valence-electron chi connectivity index (χ4n) is 2.21. The van der Waals surface area contributed by atoms with Crippen molar-refractivity contribution in [3.8, 4) is 0 Å². The number of oxime groups is 1. The van der Waals surface area contributed by atoms with Crippen molar-refractivity contribution in [1.82, 2.24) is 9.55 Å². The van der Waals surface area contributed by atoms with E-state index < -0.39 is 0 Å². The summed E-state index contributed by atoms with van der Waals surface area (Å²) in [6.07, 6.45) is 1.88. The van der Waals surface area contributed by atoms with Crippen LogP contribution < -0.4 is 5.73 Å². The van der Waals surface area contributed by atoms with Gasteiger partial charge in [0.15, 0.2) is 5.84 Å². The Morgan fingerprint density at radius 2 is 2.00 bits per heavy atom. The molecule has 0 saturated carbocycles. The summed E-state index contributed by atoms with van der Waals surface area (Å²) in [4.78, 5) is 4.61. The highest BCUT2D eigenvalue weighted by atomic mass is 16.4. The molecule has 0 aliphatic rings. The number of rotatable bonds is 3. The highest BCUT2D eigenvalue weighted by Gasteiger charge is 2.07. The molecule has 0 aliphatic heterocycles. The van der Waals surface area contributed by atoms with Gasteiger partial charge in [0.25, 0.3) is 0 Å². The molecule has 3 aromatic rings. The molecule has 0 amide bonds. The average Bonchev–Trinajstić information content (AvgIpc) is 2.94. The van der Waals surface area contributed by atoms with Crippen LogP contribution in [0.4, 0.5) is 0 Å². The van der Waals surface area contributed by atoms with Gasteiger partial charge in [-0.2, -0.15) is 0 Å². The van der Waals surface area contributed by atoms with Crippen LogP contribution in [0.1, 0.15) is 11.4 Å². The van der Waals surface area contributed by atoms with Crippen molar-refractivity contribution in [2.45, 2.75) is 6.54 Å². The van der Waals surface area contributed by atoms with Crippen molar-refractivity contribution < 1.29 is 5.21 Å². The van der Waals surface area contributed by atoms with Crippen LogP contribution in [0.15, 0.2) is 59.9 Å². The Kier molecular flexibility index (Phi) is 3.09. The third kappa shape index (κ3) is 2.21. The van der Waals surface area contributed by atoms with Crippen molar-refractivity contribution in [3.63, 3.8) is 0 Å². The van der Waals surface area contributed by atoms with Gasteiger partial charge in [0.1, 0.15) is 0 Å². The smallest absolute Gasteiger partial charge is 0.186 e. The fraction of sp³-hybridized carbons (Fsp3) is 0.0667. The Morgan fingerprint density at radius 3 is 2.85 bits per heavy atom. The van der Waals surface area contributed by atoms with Crippen molar-refractivity contribution in [3.05, 3.63) is 66.1 Å². The molecule has 0 radical (unpaired) electrons. The predicted molar refractivity (Wildman–Crippen MR) is 77.8 cm³/mol. The molecule has 5 heteroatoms. The number of fused-ring (bicyclic) bond motifs is 1. The molecule has 3 N–H and O–H groups in total. The Labute approximate surface area is 116 Å². The molecule has 1 aromatic carbocycles. The first-order valence-electron chi connectivity index (χ1n) is 6.25. The summed E-state index contributed by atoms with van der Waals surface area (Å²) in [5.74, 6) is 0.0933. The Hall–Kier alpha value is -2.82. The number of amidine groups is 1. The van der Waals surface area contributed by atoms with Crippen LogP contribution in [0.2, 0.25) is 0 Å². The molecule has 0 fully saturated rings. The summed E-state index contributed by atoms with van der Waals surface area (Å²) in [7, 11) is 0. The molecule has 0 bridgehead atoms. The van der Waals surface area contributed by atoms with Gasteiger partial charge in [-0.3, -0.25) is 4.98 Å². The maximum absolute atomic E-state index is 8.77. The minimum Gasteiger partial charge on any atom is -0.409 e. The molecule has 0 spiro atoms. The molecule has 0 saturated heterocycles. The van der Waals surface area contributed by atoms with E-state index in [0.29, 0.717) is 12.2 Å². The standard InChI is InChI=1S/C15H14N4O/c16-15(18-20)14-6-3-9-19(14)10-12-8-7-11-4-1-2-5-13(11)17-12/h1-9,20H,10H2,(H2,16,18). The van der Waals surface area contributed by atoms with Gasteiger partial charge < -0.3 is 15.5 Å². The highest BCUT2D eigenvalue weighted by molar-refractivity contribution is 5.95. The van der Waals surface area contributed by atoms with Gasteiger partial charge >= 0.3 is 0 Å². The monoisotopic (exact) mass is 266 g/mol. The van der Waals surface area contributed by atoms with Gasteiger partial charge in [0.2, 0.25) is 0 Å². The van der Waals surface area contributed by atoms with Gasteiger partial charge in [-0.1, -0.05) is 29.4 Å². The number of benzene rings is 1. The van der Waals surface area contributed by atoms with Gasteiger partial charge in [-0.15, -0.1) is 0 Å². The van der Waals surface area contributed by atoms with E-state index >= 15 is 0 Å². The molecule has 0 aliphatic carbocycles. The van der Waals surface area contributed by atoms with E-state index in [0.717, 1.165) is 16.6 Å². The maximum atomic E-state index is 8.77. The molecule has 5 nitrogen and oxygen atoms in total. The second-order valence-electron chi connectivity index (χ2n) is 4.50. The average molecular weight is 266 g/mol. The largest absolute Gasteiger partial charge is 0.409 e. The SMILES string of the molecule is N/C(=N/O)c1cccn1Cc1ccc2ccccc2n1. The Balaban J connectivity index is 1.95. The fourth-order valence-corrected chi connectivity index (χ4v) is 2.21. The summed E-state index contributed by atoms with van der Waals surface area (Å²) >= 11 is 0. The number of nitrogens with zero attached hydrogens (tertiary/aromatic N) is 3. The molecule has 0 atom stereocenters. The molecule has 3 rings (SSSR count). The highest BCUT2D eigenvalue weighted by Crippen LogP contribution is 2.13. The lowest BCUT2D eigenvalue weighted by Crippen LogP contribution is -2.18. The zero-order valence-electron chi connectivity index (χ0n) is 10.8. The Bertz CT molecular complexity index is 776. The molecule has 2 aromatic heterocycles. The number of para-hydroxylation sites is 1. The molecular weight excluding hydrogens is 252 g/mol. The summed E-state index contributed by atoms with van der Waals surface area (Å²) < 4.78 is 1.90. The molecule has 20 heavy (non-hydrogen) atoms. The number of nitrogens with two attached hydrogens (primary N) is 1. The second-order valence-corrected chi connectivity index (χ2v) is 4.50. The lowest BCUT2D eigenvalue weighted by atomic mass is 10.2. The lowest BCUT2D eigenvalue weighted by molar-refractivity contribution is 0.318. The molecule has 2 heterocycles. The minimum atomic E-state index is 0.0933. The van der Waals surface area contributed by atoms with E-state index in [1.165, 1.54) is 0 Å². The van der Waals surface area contributed by atoms with Crippen LogP contribution in [-0.2, 0) is 6.54 Å². The van der Waals surface area contributed by atoms with Crippen molar-refractivity contribution in [1.29, 1.82) is 0 Å². The van der Waals surface area contributed by atoms with E-state index in [1.54, 1.807) is 6.07 Å². The predicted octanol–water partition coefficient (Wildman–Crippen LogP) is 2.18.